The van der Waals surface area contributed by atoms with Crippen LogP contribution < -0.4 is 14.2 Å². The van der Waals surface area contributed by atoms with E-state index in [9.17, 15) is 8.42 Å². The Kier molecular flexibility index (Phi) is 5.85. The Morgan fingerprint density at radius 2 is 1.62 bits per heavy atom. The van der Waals surface area contributed by atoms with E-state index >= 15 is 0 Å². The molecule has 0 unspecified atom stereocenters. The number of aryl methyl sites for hydroxylation is 2. The molecule has 0 aliphatic heterocycles. The first-order chi connectivity index (χ1) is 11.3. The van der Waals surface area contributed by atoms with Crippen LogP contribution in [0.4, 0.5) is 0 Å². The SMILES string of the molecule is COc1cc(C)c(S(=O)(=O)N[C@H](C)COc2ccccc2)c(C)c1. The molecule has 0 amide bonds. The minimum Gasteiger partial charge on any atom is -0.497 e. The highest BCUT2D eigenvalue weighted by Crippen LogP contribution is 2.25. The lowest BCUT2D eigenvalue weighted by Gasteiger charge is -2.18. The molecule has 0 aromatic heterocycles. The Balaban J connectivity index is 2.10. The molecule has 1 N–H and O–H groups in total. The summed E-state index contributed by atoms with van der Waals surface area (Å²) in [4.78, 5) is 0.287. The van der Waals surface area contributed by atoms with Crippen molar-refractivity contribution < 1.29 is 17.9 Å². The molecular weight excluding hydrogens is 326 g/mol. The van der Waals surface area contributed by atoms with Crippen molar-refractivity contribution in [3.05, 3.63) is 53.6 Å². The summed E-state index contributed by atoms with van der Waals surface area (Å²) in [6.07, 6.45) is 0. The molecule has 0 aliphatic rings. The van der Waals surface area contributed by atoms with Gasteiger partial charge in [-0.1, -0.05) is 18.2 Å². The zero-order chi connectivity index (χ0) is 17.7. The molecule has 0 saturated carbocycles. The van der Waals surface area contributed by atoms with Crippen LogP contribution in [0.25, 0.3) is 0 Å². The number of methoxy groups -OCH3 is 1. The summed E-state index contributed by atoms with van der Waals surface area (Å²) in [5.74, 6) is 1.35. The molecule has 1 atom stereocenters. The van der Waals surface area contributed by atoms with E-state index in [1.807, 2.05) is 30.3 Å². The first-order valence-electron chi connectivity index (χ1n) is 7.69. The zero-order valence-electron chi connectivity index (χ0n) is 14.4. The molecular formula is C18H23NO4S. The van der Waals surface area contributed by atoms with Crippen molar-refractivity contribution in [1.82, 2.24) is 4.72 Å². The van der Waals surface area contributed by atoms with Gasteiger partial charge >= 0.3 is 0 Å². The summed E-state index contributed by atoms with van der Waals surface area (Å²) in [7, 11) is -2.08. The van der Waals surface area contributed by atoms with Crippen molar-refractivity contribution in [2.24, 2.45) is 0 Å². The van der Waals surface area contributed by atoms with Crippen LogP contribution in [0.5, 0.6) is 11.5 Å². The number of rotatable bonds is 7. The summed E-state index contributed by atoms with van der Waals surface area (Å²) in [5, 5.41) is 0. The highest BCUT2D eigenvalue weighted by molar-refractivity contribution is 7.89. The monoisotopic (exact) mass is 349 g/mol. The molecule has 2 aromatic carbocycles. The van der Waals surface area contributed by atoms with Gasteiger partial charge in [0.2, 0.25) is 10.0 Å². The van der Waals surface area contributed by atoms with E-state index in [-0.39, 0.29) is 17.5 Å². The Morgan fingerprint density at radius 1 is 1.04 bits per heavy atom. The topological polar surface area (TPSA) is 64.6 Å². The molecule has 2 aromatic rings. The average Bonchev–Trinajstić information content (AvgIpc) is 2.52. The lowest BCUT2D eigenvalue weighted by molar-refractivity contribution is 0.287. The third kappa shape index (κ3) is 4.49. The fourth-order valence-electron chi connectivity index (χ4n) is 2.55. The first kappa shape index (κ1) is 18.3. The highest BCUT2D eigenvalue weighted by atomic mass is 32.2. The van der Waals surface area contributed by atoms with Gasteiger partial charge in [-0.25, -0.2) is 13.1 Å². The van der Waals surface area contributed by atoms with Crippen molar-refractivity contribution in [3.63, 3.8) is 0 Å². The van der Waals surface area contributed by atoms with Crippen molar-refractivity contribution in [1.29, 1.82) is 0 Å². The van der Waals surface area contributed by atoms with Crippen molar-refractivity contribution in [2.45, 2.75) is 31.7 Å². The molecule has 5 nitrogen and oxygen atoms in total. The third-order valence-corrected chi connectivity index (χ3v) is 5.43. The Labute approximate surface area is 143 Å². The predicted octanol–water partition coefficient (Wildman–Crippen LogP) is 3.06. The number of ether oxygens (including phenoxy) is 2. The molecule has 0 saturated heterocycles. The smallest absolute Gasteiger partial charge is 0.241 e. The molecule has 0 heterocycles. The maximum absolute atomic E-state index is 12.7. The number of nitrogens with one attached hydrogen (secondary N) is 1. The second-order valence-electron chi connectivity index (χ2n) is 5.74. The van der Waals surface area contributed by atoms with Gasteiger partial charge in [-0.15, -0.1) is 0 Å². The van der Waals surface area contributed by atoms with Crippen LogP contribution in [-0.2, 0) is 10.0 Å². The van der Waals surface area contributed by atoms with Gasteiger partial charge < -0.3 is 9.47 Å². The van der Waals surface area contributed by atoms with Gasteiger partial charge in [0.25, 0.3) is 0 Å². The lowest BCUT2D eigenvalue weighted by atomic mass is 10.1. The number of hydrogen-bond donors (Lipinski definition) is 1. The summed E-state index contributed by atoms with van der Waals surface area (Å²) in [5.41, 5.74) is 1.30. The quantitative estimate of drug-likeness (QED) is 0.834. The molecule has 0 fully saturated rings. The minimum absolute atomic E-state index is 0.248. The first-order valence-corrected chi connectivity index (χ1v) is 9.17. The molecule has 0 spiro atoms. The zero-order valence-corrected chi connectivity index (χ0v) is 15.2. The third-order valence-electron chi connectivity index (χ3n) is 3.54. The van der Waals surface area contributed by atoms with E-state index in [0.717, 1.165) is 0 Å². The normalized spacial score (nSPS) is 12.7. The lowest BCUT2D eigenvalue weighted by Crippen LogP contribution is -2.37. The van der Waals surface area contributed by atoms with Crippen LogP contribution in [-0.4, -0.2) is 28.2 Å². The maximum atomic E-state index is 12.7. The number of sulfonamides is 1. The van der Waals surface area contributed by atoms with Crippen molar-refractivity contribution in [3.8, 4) is 11.5 Å². The van der Waals surface area contributed by atoms with Crippen LogP contribution >= 0.6 is 0 Å². The van der Waals surface area contributed by atoms with Crippen LogP contribution in [0.3, 0.4) is 0 Å². The molecule has 24 heavy (non-hydrogen) atoms. The second-order valence-corrected chi connectivity index (χ2v) is 7.39. The average molecular weight is 349 g/mol. The van der Waals surface area contributed by atoms with E-state index in [4.69, 9.17) is 9.47 Å². The minimum atomic E-state index is -3.64. The Hall–Kier alpha value is -2.05. The van der Waals surface area contributed by atoms with E-state index < -0.39 is 10.0 Å². The molecule has 0 aliphatic carbocycles. The van der Waals surface area contributed by atoms with Gasteiger partial charge in [-0.3, -0.25) is 0 Å². The van der Waals surface area contributed by atoms with Crippen LogP contribution in [0.15, 0.2) is 47.4 Å². The fraction of sp³-hybridized carbons (Fsp3) is 0.333. The van der Waals surface area contributed by atoms with Gasteiger partial charge in [0, 0.05) is 0 Å². The fourth-order valence-corrected chi connectivity index (χ4v) is 4.23. The number of para-hydroxylation sites is 1. The predicted molar refractivity (Wildman–Crippen MR) is 94.2 cm³/mol. The van der Waals surface area contributed by atoms with Crippen molar-refractivity contribution in [2.75, 3.05) is 13.7 Å². The summed E-state index contributed by atoms with van der Waals surface area (Å²) in [6.45, 7) is 5.54. The number of hydrogen-bond acceptors (Lipinski definition) is 4. The van der Waals surface area contributed by atoms with Crippen LogP contribution in [0.2, 0.25) is 0 Å². The van der Waals surface area contributed by atoms with Gasteiger partial charge in [-0.05, 0) is 56.2 Å². The summed E-state index contributed by atoms with van der Waals surface area (Å²) < 4.78 is 38.8. The van der Waals surface area contributed by atoms with Gasteiger partial charge in [0.1, 0.15) is 18.1 Å². The van der Waals surface area contributed by atoms with E-state index in [2.05, 4.69) is 4.72 Å². The van der Waals surface area contributed by atoms with E-state index in [0.29, 0.717) is 22.6 Å². The maximum Gasteiger partial charge on any atom is 0.241 e. The molecule has 6 heteroatoms. The van der Waals surface area contributed by atoms with Crippen LogP contribution in [0, 0.1) is 13.8 Å². The standard InChI is InChI=1S/C18H23NO4S/c1-13-10-17(22-4)11-14(2)18(13)24(20,21)19-15(3)12-23-16-8-6-5-7-9-16/h5-11,15,19H,12H2,1-4H3/t15-/m1/s1. The molecule has 2 rings (SSSR count). The van der Waals surface area contributed by atoms with E-state index in [1.54, 1.807) is 40.0 Å². The van der Waals surface area contributed by atoms with Crippen molar-refractivity contribution >= 4 is 10.0 Å². The molecule has 0 radical (unpaired) electrons. The Bertz CT molecular complexity index is 765. The summed E-state index contributed by atoms with van der Waals surface area (Å²) >= 11 is 0. The second kappa shape index (κ2) is 7.68. The largest absolute Gasteiger partial charge is 0.497 e. The van der Waals surface area contributed by atoms with Gasteiger partial charge in [-0.2, -0.15) is 0 Å². The molecule has 0 bridgehead atoms. The summed E-state index contributed by atoms with van der Waals surface area (Å²) in [6, 6.07) is 12.4. The van der Waals surface area contributed by atoms with Gasteiger partial charge in [0.05, 0.1) is 18.0 Å². The molecule has 130 valence electrons. The van der Waals surface area contributed by atoms with Gasteiger partial charge in [0.15, 0.2) is 0 Å². The Morgan fingerprint density at radius 3 is 2.17 bits per heavy atom. The van der Waals surface area contributed by atoms with Crippen LogP contribution in [0.1, 0.15) is 18.1 Å². The highest BCUT2D eigenvalue weighted by Gasteiger charge is 2.22. The number of benzene rings is 2. The van der Waals surface area contributed by atoms with E-state index in [1.165, 1.54) is 0 Å².